The zero-order valence-corrected chi connectivity index (χ0v) is 16.3. The maximum absolute atomic E-state index is 12.7. The minimum absolute atomic E-state index is 0.0707. The number of nitriles is 1. The van der Waals surface area contributed by atoms with E-state index in [1.807, 2.05) is 23.1 Å². The Bertz CT molecular complexity index is 978. The van der Waals surface area contributed by atoms with Crippen molar-refractivity contribution in [2.75, 3.05) is 30.4 Å². The van der Waals surface area contributed by atoms with Crippen LogP contribution in [0.3, 0.4) is 0 Å². The molecule has 0 bridgehead atoms. The van der Waals surface area contributed by atoms with E-state index in [1.54, 1.807) is 13.1 Å². The van der Waals surface area contributed by atoms with Crippen LogP contribution in [0.15, 0.2) is 24.3 Å². The molecule has 1 aromatic heterocycles. The Balaban J connectivity index is 1.53. The summed E-state index contributed by atoms with van der Waals surface area (Å²) in [5.41, 5.74) is 2.45. The van der Waals surface area contributed by atoms with Crippen molar-refractivity contribution < 1.29 is 14.3 Å². The predicted octanol–water partition coefficient (Wildman–Crippen LogP) is 2.06. The van der Waals surface area contributed by atoms with E-state index in [4.69, 9.17) is 4.74 Å². The number of nitrogens with zero attached hydrogens (tertiary/aromatic N) is 2. The van der Waals surface area contributed by atoms with Gasteiger partial charge in [-0.1, -0.05) is 12.1 Å². The van der Waals surface area contributed by atoms with Gasteiger partial charge in [0.2, 0.25) is 5.91 Å². The fraction of sp³-hybridized carbons (Fsp3) is 0.350. The number of para-hydroxylation sites is 2. The fourth-order valence-electron chi connectivity index (χ4n) is 3.70. The van der Waals surface area contributed by atoms with Crippen LogP contribution in [-0.4, -0.2) is 38.1 Å². The summed E-state index contributed by atoms with van der Waals surface area (Å²) in [5, 5.41) is 15.6. The number of carbonyl (C=O) groups excluding carboxylic acids is 2. The summed E-state index contributed by atoms with van der Waals surface area (Å²) in [6, 6.07) is 9.58. The van der Waals surface area contributed by atoms with Crippen LogP contribution in [0.4, 0.5) is 10.7 Å². The van der Waals surface area contributed by atoms with Crippen LogP contribution in [0.5, 0.6) is 5.75 Å². The first-order chi connectivity index (χ1) is 13.6. The van der Waals surface area contributed by atoms with Gasteiger partial charge in [-0.05, 0) is 37.0 Å². The Morgan fingerprint density at radius 3 is 2.96 bits per heavy atom. The van der Waals surface area contributed by atoms with Gasteiger partial charge in [0.1, 0.15) is 16.8 Å². The molecule has 28 heavy (non-hydrogen) atoms. The molecule has 0 fully saturated rings. The molecule has 144 valence electrons. The number of ether oxygens (including phenoxy) is 1. The van der Waals surface area contributed by atoms with Crippen molar-refractivity contribution in [2.24, 2.45) is 0 Å². The topological polar surface area (TPSA) is 94.5 Å². The number of thiophene rings is 1. The van der Waals surface area contributed by atoms with E-state index >= 15 is 0 Å². The smallest absolute Gasteiger partial charge is 0.262 e. The van der Waals surface area contributed by atoms with Crippen molar-refractivity contribution in [1.29, 1.82) is 5.26 Å². The van der Waals surface area contributed by atoms with E-state index in [0.29, 0.717) is 16.3 Å². The molecule has 1 aromatic carbocycles. The average molecular weight is 396 g/mol. The summed E-state index contributed by atoms with van der Waals surface area (Å²) in [5.74, 6) is 0.119. The first kappa shape index (κ1) is 18.3. The van der Waals surface area contributed by atoms with Gasteiger partial charge in [0.25, 0.3) is 5.91 Å². The molecule has 0 radical (unpaired) electrons. The molecule has 0 spiro atoms. The lowest BCUT2D eigenvalue weighted by atomic mass is 10.1. The predicted molar refractivity (Wildman–Crippen MR) is 107 cm³/mol. The third-order valence-corrected chi connectivity index (χ3v) is 6.23. The number of fused-ring (bicyclic) bond motifs is 2. The van der Waals surface area contributed by atoms with E-state index in [1.165, 1.54) is 16.2 Å². The van der Waals surface area contributed by atoms with Gasteiger partial charge < -0.3 is 20.3 Å². The Morgan fingerprint density at radius 2 is 2.18 bits per heavy atom. The molecule has 1 aliphatic carbocycles. The molecule has 2 heterocycles. The van der Waals surface area contributed by atoms with Crippen LogP contribution in [0, 0.1) is 11.3 Å². The van der Waals surface area contributed by atoms with Crippen LogP contribution in [-0.2, 0) is 22.4 Å². The second-order valence-electron chi connectivity index (χ2n) is 6.79. The quantitative estimate of drug-likeness (QED) is 0.825. The number of amides is 2. The van der Waals surface area contributed by atoms with E-state index < -0.39 is 6.10 Å². The molecule has 1 unspecified atom stereocenters. The highest BCUT2D eigenvalue weighted by molar-refractivity contribution is 7.16. The van der Waals surface area contributed by atoms with Gasteiger partial charge in [0.05, 0.1) is 24.3 Å². The van der Waals surface area contributed by atoms with Gasteiger partial charge in [-0.15, -0.1) is 11.3 Å². The molecule has 2 aliphatic rings. The summed E-state index contributed by atoms with van der Waals surface area (Å²) in [6.07, 6.45) is 2.24. The lowest BCUT2D eigenvalue weighted by molar-refractivity contribution is -0.127. The number of hydrogen-bond donors (Lipinski definition) is 2. The normalized spacial score (nSPS) is 17.1. The highest BCUT2D eigenvalue weighted by Gasteiger charge is 2.31. The van der Waals surface area contributed by atoms with Crippen LogP contribution >= 0.6 is 11.3 Å². The summed E-state index contributed by atoms with van der Waals surface area (Å²) in [7, 11) is 1.56. The number of aryl methyl sites for hydroxylation is 1. The Hall–Kier alpha value is -3.05. The van der Waals surface area contributed by atoms with Crippen LogP contribution in [0.25, 0.3) is 0 Å². The first-order valence-corrected chi connectivity index (χ1v) is 9.99. The summed E-state index contributed by atoms with van der Waals surface area (Å²) >= 11 is 1.50. The van der Waals surface area contributed by atoms with Crippen molar-refractivity contribution >= 4 is 33.8 Å². The third kappa shape index (κ3) is 3.29. The van der Waals surface area contributed by atoms with Crippen molar-refractivity contribution in [3.8, 4) is 11.8 Å². The highest BCUT2D eigenvalue weighted by Crippen LogP contribution is 2.39. The molecule has 2 amide bonds. The maximum atomic E-state index is 12.7. The van der Waals surface area contributed by atoms with Crippen LogP contribution < -0.4 is 20.3 Å². The molecular formula is C20H20N4O3S. The SMILES string of the molecule is CNC(=O)C1CN(CC(=O)Nc2sc3c(c2C#N)CCC3)c2ccccc2O1. The van der Waals surface area contributed by atoms with E-state index in [9.17, 15) is 14.9 Å². The Morgan fingerprint density at radius 1 is 1.36 bits per heavy atom. The van der Waals surface area contributed by atoms with Crippen molar-refractivity contribution in [3.05, 3.63) is 40.3 Å². The minimum Gasteiger partial charge on any atom is -0.477 e. The Labute approximate surface area is 166 Å². The van der Waals surface area contributed by atoms with Crippen molar-refractivity contribution in [1.82, 2.24) is 5.32 Å². The number of rotatable bonds is 4. The van der Waals surface area contributed by atoms with Gasteiger partial charge in [-0.25, -0.2) is 0 Å². The average Bonchev–Trinajstić information content (AvgIpc) is 3.27. The second-order valence-corrected chi connectivity index (χ2v) is 7.90. The molecule has 2 N–H and O–H groups in total. The molecule has 1 atom stereocenters. The maximum Gasteiger partial charge on any atom is 0.262 e. The summed E-state index contributed by atoms with van der Waals surface area (Å²) < 4.78 is 5.77. The zero-order chi connectivity index (χ0) is 19.7. The molecule has 1 aliphatic heterocycles. The summed E-state index contributed by atoms with van der Waals surface area (Å²) in [4.78, 5) is 27.8. The second kappa shape index (κ2) is 7.52. The third-order valence-electron chi connectivity index (χ3n) is 5.02. The van der Waals surface area contributed by atoms with Gasteiger partial charge in [-0.3, -0.25) is 9.59 Å². The van der Waals surface area contributed by atoms with Gasteiger partial charge in [-0.2, -0.15) is 5.26 Å². The highest BCUT2D eigenvalue weighted by atomic mass is 32.1. The van der Waals surface area contributed by atoms with E-state index in [2.05, 4.69) is 16.7 Å². The van der Waals surface area contributed by atoms with Crippen molar-refractivity contribution in [3.63, 3.8) is 0 Å². The summed E-state index contributed by atoms with van der Waals surface area (Å²) in [6.45, 7) is 0.345. The number of likely N-dealkylation sites (N-methyl/N-ethyl adjacent to an activating group) is 1. The van der Waals surface area contributed by atoms with Gasteiger partial charge in [0, 0.05) is 11.9 Å². The molecular weight excluding hydrogens is 376 g/mol. The minimum atomic E-state index is -0.687. The molecule has 2 aromatic rings. The fourth-order valence-corrected chi connectivity index (χ4v) is 4.96. The van der Waals surface area contributed by atoms with Gasteiger partial charge >= 0.3 is 0 Å². The number of benzene rings is 1. The molecule has 4 rings (SSSR count). The Kier molecular flexibility index (Phi) is 4.92. The standard InChI is InChI=1S/C20H20N4O3S/c1-22-19(26)16-10-24(14-6-2-3-7-15(14)27-16)11-18(25)23-20-13(9-21)12-5-4-8-17(12)28-20/h2-3,6-7,16H,4-5,8,10-11H2,1H3,(H,22,26)(H,23,25). The lowest BCUT2D eigenvalue weighted by Crippen LogP contribution is -2.50. The number of nitrogens with one attached hydrogen (secondary N) is 2. The van der Waals surface area contributed by atoms with Crippen LogP contribution in [0.1, 0.15) is 22.4 Å². The lowest BCUT2D eigenvalue weighted by Gasteiger charge is -2.34. The van der Waals surface area contributed by atoms with Crippen LogP contribution in [0.2, 0.25) is 0 Å². The van der Waals surface area contributed by atoms with E-state index in [-0.39, 0.29) is 24.9 Å². The largest absolute Gasteiger partial charge is 0.477 e. The number of hydrogen-bond acceptors (Lipinski definition) is 6. The molecule has 0 saturated heterocycles. The monoisotopic (exact) mass is 396 g/mol. The van der Waals surface area contributed by atoms with E-state index in [0.717, 1.165) is 30.5 Å². The zero-order valence-electron chi connectivity index (χ0n) is 15.4. The molecule has 7 nitrogen and oxygen atoms in total. The van der Waals surface area contributed by atoms with Crippen molar-refractivity contribution in [2.45, 2.75) is 25.4 Å². The number of carbonyl (C=O) groups is 2. The molecule has 8 heteroatoms. The molecule has 0 saturated carbocycles. The van der Waals surface area contributed by atoms with Gasteiger partial charge in [0.15, 0.2) is 6.10 Å². The first-order valence-electron chi connectivity index (χ1n) is 9.17. The number of anilines is 2.